The summed E-state index contributed by atoms with van der Waals surface area (Å²) in [6, 6.07) is 15.6. The number of ether oxygens (including phenoxy) is 1. The van der Waals surface area contributed by atoms with Crippen molar-refractivity contribution < 1.29 is 9.53 Å². The van der Waals surface area contributed by atoms with Crippen LogP contribution in [-0.4, -0.2) is 59.8 Å². The quantitative estimate of drug-likeness (QED) is 0.529. The molecule has 3 aromatic rings. The Labute approximate surface area is 194 Å². The fourth-order valence-electron chi connectivity index (χ4n) is 4.33. The van der Waals surface area contributed by atoms with Crippen molar-refractivity contribution in [1.29, 1.82) is 0 Å². The number of nitrogens with zero attached hydrogens (tertiary/aromatic N) is 3. The maximum absolute atomic E-state index is 13.4. The average molecular weight is 455 g/mol. The highest BCUT2D eigenvalue weighted by Crippen LogP contribution is 2.26. The van der Waals surface area contributed by atoms with Gasteiger partial charge in [-0.3, -0.25) is 9.69 Å². The first kappa shape index (κ1) is 22.8. The van der Waals surface area contributed by atoms with Gasteiger partial charge in [-0.25, -0.2) is 4.98 Å². The third-order valence-electron chi connectivity index (χ3n) is 5.93. The van der Waals surface area contributed by atoms with Crippen LogP contribution in [0.4, 0.5) is 0 Å². The number of benzene rings is 2. The van der Waals surface area contributed by atoms with Crippen LogP contribution in [0.3, 0.4) is 0 Å². The molecule has 1 fully saturated rings. The summed E-state index contributed by atoms with van der Waals surface area (Å²) >= 11 is 6.21. The number of morpholine rings is 1. The van der Waals surface area contributed by atoms with Crippen LogP contribution in [-0.2, 0) is 16.0 Å². The van der Waals surface area contributed by atoms with Gasteiger partial charge in [-0.2, -0.15) is 0 Å². The summed E-state index contributed by atoms with van der Waals surface area (Å²) in [5.74, 6) is 0.936. The molecule has 1 aromatic heterocycles. The minimum absolute atomic E-state index is 0.0515. The van der Waals surface area contributed by atoms with Gasteiger partial charge >= 0.3 is 0 Å². The van der Waals surface area contributed by atoms with Crippen molar-refractivity contribution in [1.82, 2.24) is 19.8 Å². The smallest absolute Gasteiger partial charge is 0.243 e. The van der Waals surface area contributed by atoms with Gasteiger partial charge in [-0.15, -0.1) is 0 Å². The number of para-hydroxylation sites is 2. The van der Waals surface area contributed by atoms with E-state index in [4.69, 9.17) is 21.3 Å². The molecule has 6 nitrogen and oxygen atoms in total. The van der Waals surface area contributed by atoms with Gasteiger partial charge in [-0.05, 0) is 36.2 Å². The van der Waals surface area contributed by atoms with E-state index in [1.165, 1.54) is 0 Å². The fourth-order valence-corrected chi connectivity index (χ4v) is 4.54. The van der Waals surface area contributed by atoms with Crippen LogP contribution < -0.4 is 5.32 Å². The Balaban J connectivity index is 1.57. The Bertz CT molecular complexity index is 1050. The van der Waals surface area contributed by atoms with Crippen LogP contribution in [0, 0.1) is 0 Å². The summed E-state index contributed by atoms with van der Waals surface area (Å²) in [5, 5.41) is 3.88. The van der Waals surface area contributed by atoms with Gasteiger partial charge in [0.05, 0.1) is 24.2 Å². The van der Waals surface area contributed by atoms with Crippen molar-refractivity contribution >= 4 is 28.5 Å². The molecule has 2 heterocycles. The zero-order valence-electron chi connectivity index (χ0n) is 18.6. The van der Waals surface area contributed by atoms with E-state index >= 15 is 0 Å². The minimum atomic E-state index is -0.300. The molecule has 0 bridgehead atoms. The van der Waals surface area contributed by atoms with Crippen molar-refractivity contribution in [2.24, 2.45) is 0 Å². The highest BCUT2D eigenvalue weighted by Gasteiger charge is 2.25. The van der Waals surface area contributed by atoms with Gasteiger partial charge in [0.1, 0.15) is 11.9 Å². The number of hydrogen-bond donors (Lipinski definition) is 1. The monoisotopic (exact) mass is 454 g/mol. The highest BCUT2D eigenvalue weighted by molar-refractivity contribution is 6.30. The van der Waals surface area contributed by atoms with E-state index in [9.17, 15) is 4.79 Å². The fraction of sp³-hybridized carbons (Fsp3) is 0.440. The van der Waals surface area contributed by atoms with Crippen molar-refractivity contribution in [3.05, 3.63) is 64.9 Å². The lowest BCUT2D eigenvalue weighted by molar-refractivity contribution is -0.124. The van der Waals surface area contributed by atoms with Crippen LogP contribution in [0.15, 0.2) is 48.5 Å². The predicted molar refractivity (Wildman–Crippen MR) is 128 cm³/mol. The largest absolute Gasteiger partial charge is 0.379 e. The number of aromatic nitrogens is 2. The number of nitrogens with one attached hydrogen (secondary N) is 1. The van der Waals surface area contributed by atoms with Crippen LogP contribution in [0.25, 0.3) is 11.0 Å². The van der Waals surface area contributed by atoms with Gasteiger partial charge in [0.25, 0.3) is 0 Å². The Morgan fingerprint density at radius 3 is 2.78 bits per heavy atom. The van der Waals surface area contributed by atoms with Crippen LogP contribution in [0.5, 0.6) is 0 Å². The molecule has 0 aliphatic carbocycles. The van der Waals surface area contributed by atoms with Gasteiger partial charge in [0, 0.05) is 37.6 Å². The molecular formula is C25H31ClN4O2. The highest BCUT2D eigenvalue weighted by atomic mass is 35.5. The summed E-state index contributed by atoms with van der Waals surface area (Å²) in [7, 11) is 0. The zero-order chi connectivity index (χ0) is 22.3. The molecule has 1 unspecified atom stereocenters. The van der Waals surface area contributed by atoms with Crippen LogP contribution >= 0.6 is 11.6 Å². The van der Waals surface area contributed by atoms with Gasteiger partial charge < -0.3 is 14.6 Å². The van der Waals surface area contributed by atoms with Crippen LogP contribution in [0.2, 0.25) is 5.02 Å². The first-order chi connectivity index (χ1) is 15.7. The van der Waals surface area contributed by atoms with E-state index in [0.717, 1.165) is 68.1 Å². The molecule has 4 rings (SSSR count). The molecule has 7 heteroatoms. The van der Waals surface area contributed by atoms with Gasteiger partial charge in [-0.1, -0.05) is 49.2 Å². The summed E-state index contributed by atoms with van der Waals surface area (Å²) in [5.41, 5.74) is 2.98. The average Bonchev–Trinajstić information content (AvgIpc) is 3.15. The third-order valence-corrected chi connectivity index (χ3v) is 6.16. The summed E-state index contributed by atoms with van der Waals surface area (Å²) in [6.07, 6.45) is 2.29. The lowest BCUT2D eigenvalue weighted by Crippen LogP contribution is -2.42. The number of amides is 1. The van der Waals surface area contributed by atoms with Crippen molar-refractivity contribution in [2.45, 2.75) is 32.2 Å². The van der Waals surface area contributed by atoms with Crippen molar-refractivity contribution in [3.8, 4) is 0 Å². The van der Waals surface area contributed by atoms with Gasteiger partial charge in [0.15, 0.2) is 0 Å². The van der Waals surface area contributed by atoms with E-state index in [1.54, 1.807) is 0 Å². The SMILES string of the molecule is CCCC(C(=O)NCCN1CCOCC1)n1c(Cc2cccc(Cl)c2)nc2ccccc21. The molecule has 32 heavy (non-hydrogen) atoms. The Kier molecular flexibility index (Phi) is 7.79. The summed E-state index contributed by atoms with van der Waals surface area (Å²) in [4.78, 5) is 20.6. The molecule has 2 aromatic carbocycles. The van der Waals surface area contributed by atoms with Crippen molar-refractivity contribution in [3.63, 3.8) is 0 Å². The number of rotatable bonds is 9. The molecule has 1 aliphatic heterocycles. The summed E-state index contributed by atoms with van der Waals surface area (Å²) in [6.45, 7) is 6.96. The molecule has 170 valence electrons. The summed E-state index contributed by atoms with van der Waals surface area (Å²) < 4.78 is 7.54. The molecule has 1 amide bonds. The zero-order valence-corrected chi connectivity index (χ0v) is 19.4. The normalized spacial score (nSPS) is 15.7. The molecule has 1 atom stereocenters. The molecule has 1 aliphatic rings. The topological polar surface area (TPSA) is 59.4 Å². The maximum Gasteiger partial charge on any atom is 0.243 e. The predicted octanol–water partition coefficient (Wildman–Crippen LogP) is 4.07. The minimum Gasteiger partial charge on any atom is -0.379 e. The number of hydrogen-bond acceptors (Lipinski definition) is 4. The number of halogens is 1. The Hall–Kier alpha value is -2.41. The second-order valence-corrected chi connectivity index (χ2v) is 8.68. The van der Waals surface area contributed by atoms with Gasteiger partial charge in [0.2, 0.25) is 5.91 Å². The maximum atomic E-state index is 13.4. The van der Waals surface area contributed by atoms with Crippen LogP contribution in [0.1, 0.15) is 37.2 Å². The van der Waals surface area contributed by atoms with Crippen molar-refractivity contribution in [2.75, 3.05) is 39.4 Å². The van der Waals surface area contributed by atoms with E-state index in [1.807, 2.05) is 48.5 Å². The second-order valence-electron chi connectivity index (χ2n) is 8.24. The molecular weight excluding hydrogens is 424 g/mol. The molecule has 1 saturated heterocycles. The standard InChI is InChI=1S/C25H31ClN4O2/c1-2-6-23(25(31)27-11-12-29-13-15-32-16-14-29)30-22-10-4-3-9-21(22)28-24(30)18-19-7-5-8-20(26)17-19/h3-5,7-10,17,23H,2,6,11-16,18H2,1H3,(H,27,31). The second kappa shape index (κ2) is 10.9. The first-order valence-electron chi connectivity index (χ1n) is 11.4. The van der Waals surface area contributed by atoms with E-state index in [2.05, 4.69) is 21.7 Å². The number of carbonyl (C=O) groups is 1. The Morgan fingerprint density at radius 1 is 1.19 bits per heavy atom. The molecule has 1 N–H and O–H groups in total. The molecule has 0 saturated carbocycles. The number of fused-ring (bicyclic) bond motifs is 1. The third kappa shape index (κ3) is 5.49. The number of imidazole rings is 1. The number of carbonyl (C=O) groups excluding carboxylic acids is 1. The van der Waals surface area contributed by atoms with E-state index in [-0.39, 0.29) is 11.9 Å². The lowest BCUT2D eigenvalue weighted by atomic mass is 10.1. The molecule has 0 spiro atoms. The molecule has 0 radical (unpaired) electrons. The first-order valence-corrected chi connectivity index (χ1v) is 11.8. The van der Waals surface area contributed by atoms with E-state index < -0.39 is 0 Å². The van der Waals surface area contributed by atoms with E-state index in [0.29, 0.717) is 18.0 Å². The lowest BCUT2D eigenvalue weighted by Gasteiger charge is -2.27. The Morgan fingerprint density at radius 2 is 2.00 bits per heavy atom.